The van der Waals surface area contributed by atoms with E-state index in [1.54, 1.807) is 11.3 Å². The van der Waals surface area contributed by atoms with Gasteiger partial charge in [-0.25, -0.2) is 18.1 Å². The molecule has 2 aromatic carbocycles. The quantitative estimate of drug-likeness (QED) is 0.353. The number of sulfonamides is 1. The van der Waals surface area contributed by atoms with Crippen LogP contribution in [0.25, 0.3) is 21.0 Å². The third-order valence-electron chi connectivity index (χ3n) is 7.24. The van der Waals surface area contributed by atoms with E-state index in [1.807, 2.05) is 41.4 Å². The van der Waals surface area contributed by atoms with Crippen LogP contribution in [-0.4, -0.2) is 61.5 Å². The first-order chi connectivity index (χ1) is 18.7. The van der Waals surface area contributed by atoms with Crippen LogP contribution >= 0.6 is 11.3 Å². The largest absolute Gasteiger partial charge is 0.492 e. The standard InChI is InChI=1S/C30H35N3O4S2/c1-4-21-16-22(8-11-28(21)37-19-20(2)3)30-31-17-29(38-30)26-7-5-6-25-24(26)9-10-27(25)32-39(35,36)15-14-33-13-12-23(34)18-33/h1,5-8,11,16-17,20,23,27,32,34H,9-10,12-15,18-19H2,2-3H3/t23?,27-/m0/s1. The van der Waals surface area contributed by atoms with Crippen LogP contribution in [0.15, 0.2) is 42.6 Å². The molecule has 2 N–H and O–H groups in total. The Morgan fingerprint density at radius 1 is 1.28 bits per heavy atom. The Kier molecular flexibility index (Phi) is 8.40. The van der Waals surface area contributed by atoms with Crippen molar-refractivity contribution in [2.75, 3.05) is 32.0 Å². The molecule has 0 saturated carbocycles. The highest BCUT2D eigenvalue weighted by Crippen LogP contribution is 2.41. The zero-order valence-corrected chi connectivity index (χ0v) is 24.0. The van der Waals surface area contributed by atoms with E-state index < -0.39 is 10.0 Å². The lowest BCUT2D eigenvalue weighted by Gasteiger charge is -2.18. The minimum atomic E-state index is -3.45. The number of nitrogens with zero attached hydrogens (tertiary/aromatic N) is 2. The molecule has 0 amide bonds. The molecular weight excluding hydrogens is 530 g/mol. The molecule has 2 aliphatic rings. The van der Waals surface area contributed by atoms with Crippen LogP contribution < -0.4 is 9.46 Å². The molecule has 5 rings (SSSR count). The van der Waals surface area contributed by atoms with Crippen LogP contribution in [0.2, 0.25) is 0 Å². The predicted molar refractivity (Wildman–Crippen MR) is 156 cm³/mol. The number of β-amino-alcohol motifs (C(OH)–C–C–N with tert-alkyl or cyclic N) is 1. The molecule has 206 valence electrons. The number of thiazole rings is 1. The summed E-state index contributed by atoms with van der Waals surface area (Å²) in [6.07, 6.45) is 9.53. The van der Waals surface area contributed by atoms with Crippen molar-refractivity contribution in [1.29, 1.82) is 0 Å². The number of aliphatic hydroxyl groups is 1. The molecule has 0 bridgehead atoms. The summed E-state index contributed by atoms with van der Waals surface area (Å²) in [5.74, 6) is 3.88. The fraction of sp³-hybridized carbons (Fsp3) is 0.433. The molecule has 1 unspecified atom stereocenters. The minimum absolute atomic E-state index is 0.0321. The summed E-state index contributed by atoms with van der Waals surface area (Å²) >= 11 is 1.60. The van der Waals surface area contributed by atoms with E-state index in [0.717, 1.165) is 46.0 Å². The Morgan fingerprint density at radius 2 is 2.13 bits per heavy atom. The zero-order valence-electron chi connectivity index (χ0n) is 22.4. The first-order valence-electron chi connectivity index (χ1n) is 13.4. The first kappa shape index (κ1) is 27.8. The van der Waals surface area contributed by atoms with E-state index in [9.17, 15) is 13.5 Å². The van der Waals surface area contributed by atoms with Gasteiger partial charge in [0.2, 0.25) is 10.0 Å². The van der Waals surface area contributed by atoms with Gasteiger partial charge in [-0.05, 0) is 60.1 Å². The Bertz CT molecular complexity index is 1480. The lowest BCUT2D eigenvalue weighted by atomic mass is 10.0. The van der Waals surface area contributed by atoms with Crippen molar-refractivity contribution in [3.05, 3.63) is 59.3 Å². The van der Waals surface area contributed by atoms with Crippen molar-refractivity contribution < 1.29 is 18.3 Å². The van der Waals surface area contributed by atoms with Gasteiger partial charge in [-0.2, -0.15) is 0 Å². The molecule has 1 fully saturated rings. The zero-order chi connectivity index (χ0) is 27.6. The number of nitrogens with one attached hydrogen (secondary N) is 1. The highest BCUT2D eigenvalue weighted by molar-refractivity contribution is 7.89. The Morgan fingerprint density at radius 3 is 2.87 bits per heavy atom. The number of hydrogen-bond acceptors (Lipinski definition) is 7. The molecule has 2 atom stereocenters. The lowest BCUT2D eigenvalue weighted by molar-refractivity contribution is 0.178. The van der Waals surface area contributed by atoms with Crippen LogP contribution in [0.4, 0.5) is 0 Å². The van der Waals surface area contributed by atoms with Gasteiger partial charge in [0.25, 0.3) is 0 Å². The number of aliphatic hydroxyl groups excluding tert-OH is 1. The second-order valence-electron chi connectivity index (χ2n) is 10.7. The molecule has 0 radical (unpaired) electrons. The Hall–Kier alpha value is -2.74. The van der Waals surface area contributed by atoms with Gasteiger partial charge >= 0.3 is 0 Å². The van der Waals surface area contributed by atoms with E-state index in [0.29, 0.717) is 43.3 Å². The molecule has 39 heavy (non-hydrogen) atoms. The number of aromatic nitrogens is 1. The van der Waals surface area contributed by atoms with Crippen molar-refractivity contribution in [1.82, 2.24) is 14.6 Å². The molecule has 2 heterocycles. The van der Waals surface area contributed by atoms with E-state index in [1.165, 1.54) is 5.56 Å². The maximum absolute atomic E-state index is 12.9. The van der Waals surface area contributed by atoms with Crippen molar-refractivity contribution in [3.8, 4) is 39.1 Å². The Balaban J connectivity index is 1.31. The first-order valence-corrected chi connectivity index (χ1v) is 15.9. The number of hydrogen-bond donors (Lipinski definition) is 2. The molecule has 1 aromatic heterocycles. The highest BCUT2D eigenvalue weighted by atomic mass is 32.2. The summed E-state index contributed by atoms with van der Waals surface area (Å²) in [5.41, 5.74) is 4.95. The van der Waals surface area contributed by atoms with Crippen molar-refractivity contribution in [2.45, 2.75) is 45.3 Å². The smallest absolute Gasteiger partial charge is 0.213 e. The molecule has 7 nitrogen and oxygen atoms in total. The number of ether oxygens (including phenoxy) is 1. The molecular formula is C30H35N3O4S2. The van der Waals surface area contributed by atoms with Gasteiger partial charge < -0.3 is 9.84 Å². The third kappa shape index (κ3) is 6.53. The van der Waals surface area contributed by atoms with Crippen LogP contribution in [-0.2, 0) is 16.4 Å². The van der Waals surface area contributed by atoms with Gasteiger partial charge in [0.15, 0.2) is 0 Å². The number of benzene rings is 2. The second kappa shape index (κ2) is 11.8. The van der Waals surface area contributed by atoms with Crippen molar-refractivity contribution in [2.24, 2.45) is 5.92 Å². The van der Waals surface area contributed by atoms with Gasteiger partial charge in [-0.15, -0.1) is 17.8 Å². The monoisotopic (exact) mass is 565 g/mol. The van der Waals surface area contributed by atoms with Crippen LogP contribution in [0, 0.1) is 18.3 Å². The van der Waals surface area contributed by atoms with Gasteiger partial charge in [-0.1, -0.05) is 38.0 Å². The van der Waals surface area contributed by atoms with Gasteiger partial charge in [-0.3, -0.25) is 4.90 Å². The minimum Gasteiger partial charge on any atom is -0.492 e. The normalized spacial score (nSPS) is 19.4. The van der Waals surface area contributed by atoms with Crippen LogP contribution in [0.5, 0.6) is 5.75 Å². The fourth-order valence-electron chi connectivity index (χ4n) is 5.24. The van der Waals surface area contributed by atoms with E-state index >= 15 is 0 Å². The van der Waals surface area contributed by atoms with Crippen molar-refractivity contribution in [3.63, 3.8) is 0 Å². The SMILES string of the molecule is C#Cc1cc(-c2ncc(-c3cccc4c3CC[C@@H]4NS(=O)(=O)CCN3CCC(O)C3)s2)ccc1OCC(C)C. The number of rotatable bonds is 10. The van der Waals surface area contributed by atoms with Crippen molar-refractivity contribution >= 4 is 21.4 Å². The Labute approximate surface area is 235 Å². The molecule has 0 spiro atoms. The maximum atomic E-state index is 12.9. The van der Waals surface area contributed by atoms with E-state index in [-0.39, 0.29) is 17.9 Å². The third-order valence-corrected chi connectivity index (χ3v) is 9.68. The lowest BCUT2D eigenvalue weighted by Crippen LogP contribution is -2.35. The molecule has 1 aliphatic heterocycles. The number of fused-ring (bicyclic) bond motifs is 1. The molecule has 9 heteroatoms. The van der Waals surface area contributed by atoms with E-state index in [2.05, 4.69) is 35.5 Å². The summed E-state index contributed by atoms with van der Waals surface area (Å²) in [6, 6.07) is 11.7. The molecule has 1 aliphatic carbocycles. The predicted octanol–water partition coefficient (Wildman–Crippen LogP) is 4.47. The summed E-state index contributed by atoms with van der Waals surface area (Å²) < 4.78 is 34.5. The summed E-state index contributed by atoms with van der Waals surface area (Å²) in [7, 11) is -3.45. The van der Waals surface area contributed by atoms with Crippen LogP contribution in [0.1, 0.15) is 49.4 Å². The topological polar surface area (TPSA) is 91.8 Å². The van der Waals surface area contributed by atoms with Gasteiger partial charge in [0.1, 0.15) is 10.8 Å². The molecule has 3 aromatic rings. The number of terminal acetylenes is 1. The van der Waals surface area contributed by atoms with Crippen LogP contribution in [0.3, 0.4) is 0 Å². The highest BCUT2D eigenvalue weighted by Gasteiger charge is 2.30. The summed E-state index contributed by atoms with van der Waals surface area (Å²) in [4.78, 5) is 7.74. The van der Waals surface area contributed by atoms with Gasteiger partial charge in [0.05, 0.1) is 28.9 Å². The second-order valence-corrected chi connectivity index (χ2v) is 13.6. The maximum Gasteiger partial charge on any atom is 0.213 e. The summed E-state index contributed by atoms with van der Waals surface area (Å²) in [5, 5.41) is 10.6. The average molecular weight is 566 g/mol. The summed E-state index contributed by atoms with van der Waals surface area (Å²) in [6.45, 7) is 6.52. The molecule has 1 saturated heterocycles. The average Bonchev–Trinajstić information content (AvgIpc) is 3.66. The number of likely N-dealkylation sites (tertiary alicyclic amines) is 1. The van der Waals surface area contributed by atoms with Gasteiger partial charge in [0, 0.05) is 37.4 Å². The fourth-order valence-corrected chi connectivity index (χ4v) is 7.50. The van der Waals surface area contributed by atoms with E-state index in [4.69, 9.17) is 11.2 Å².